The molecule has 0 fully saturated rings. The van der Waals surface area contributed by atoms with Gasteiger partial charge in [0, 0.05) is 24.3 Å². The van der Waals surface area contributed by atoms with Crippen LogP contribution in [0.25, 0.3) is 22.5 Å². The van der Waals surface area contributed by atoms with Gasteiger partial charge >= 0.3 is 5.66 Å². The van der Waals surface area contributed by atoms with Crippen LogP contribution in [0, 0.1) is 13.8 Å². The van der Waals surface area contributed by atoms with Crippen molar-refractivity contribution in [3.8, 4) is 34.0 Å². The molecular weight excluding hydrogens is 344 g/mol. The number of hydrogen-bond donors (Lipinski definition) is 0. The van der Waals surface area contributed by atoms with Crippen LogP contribution >= 0.6 is 0 Å². The summed E-state index contributed by atoms with van der Waals surface area (Å²) in [7, 11) is 0. The minimum atomic E-state index is -0.432. The zero-order valence-electron chi connectivity index (χ0n) is 15.7. The fourth-order valence-electron chi connectivity index (χ4n) is 5.60. The molecule has 0 atom stereocenters. The predicted molar refractivity (Wildman–Crippen MR) is 105 cm³/mol. The molecule has 0 radical (unpaired) electrons. The lowest BCUT2D eigenvalue weighted by Gasteiger charge is -2.25. The Morgan fingerprint density at radius 2 is 1.14 bits per heavy atom. The lowest BCUT2D eigenvalue weighted by Crippen LogP contribution is -2.71. The van der Waals surface area contributed by atoms with E-state index in [0.717, 1.165) is 11.5 Å². The maximum Gasteiger partial charge on any atom is 0.424 e. The molecule has 132 valence electrons. The minimum absolute atomic E-state index is 0.432. The number of rotatable bonds is 0. The van der Waals surface area contributed by atoms with Crippen molar-refractivity contribution in [2.24, 2.45) is 0 Å². The summed E-state index contributed by atoms with van der Waals surface area (Å²) >= 11 is 0. The molecule has 0 unspecified atom stereocenters. The van der Waals surface area contributed by atoms with Crippen molar-refractivity contribution < 1.29 is 13.9 Å². The van der Waals surface area contributed by atoms with Crippen molar-refractivity contribution in [1.29, 1.82) is 0 Å². The van der Waals surface area contributed by atoms with Gasteiger partial charge in [-0.3, -0.25) is 0 Å². The molecule has 2 aromatic heterocycles. The Labute approximate surface area is 163 Å². The number of fused-ring (bicyclic) bond motifs is 4. The predicted octanol–water partition coefficient (Wildman–Crippen LogP) is 4.24. The van der Waals surface area contributed by atoms with Gasteiger partial charge < -0.3 is 4.74 Å². The topological polar surface area (TPSA) is 17.0 Å². The summed E-state index contributed by atoms with van der Waals surface area (Å²) in [4.78, 5) is 0. The van der Waals surface area contributed by atoms with E-state index in [2.05, 4.69) is 96.0 Å². The van der Waals surface area contributed by atoms with Gasteiger partial charge in [0.05, 0.1) is 11.1 Å². The van der Waals surface area contributed by atoms with Gasteiger partial charge in [-0.2, -0.15) is 0 Å². The second-order valence-corrected chi connectivity index (χ2v) is 7.95. The van der Waals surface area contributed by atoms with E-state index in [1.165, 1.54) is 44.8 Å². The molecule has 3 aliphatic rings. The number of hydrogen-bond acceptors (Lipinski definition) is 1. The molecule has 3 heteroatoms. The van der Waals surface area contributed by atoms with Gasteiger partial charge in [-0.25, -0.2) is 0 Å². The van der Waals surface area contributed by atoms with Crippen LogP contribution in [0.1, 0.15) is 22.3 Å². The molecule has 2 aromatic carbocycles. The fourth-order valence-corrected chi connectivity index (χ4v) is 5.60. The first kappa shape index (κ1) is 14.6. The van der Waals surface area contributed by atoms with Gasteiger partial charge in [0.25, 0.3) is 0 Å². The minimum Gasteiger partial charge on any atom is -0.456 e. The molecule has 0 saturated carbocycles. The molecule has 0 N–H and O–H groups in total. The van der Waals surface area contributed by atoms with Crippen molar-refractivity contribution in [2.75, 3.05) is 0 Å². The van der Waals surface area contributed by atoms with Crippen molar-refractivity contribution in [2.45, 2.75) is 19.5 Å². The monoisotopic (exact) mass is 362 g/mol. The van der Waals surface area contributed by atoms with Crippen LogP contribution < -0.4 is 13.9 Å². The van der Waals surface area contributed by atoms with Gasteiger partial charge in [-0.05, 0) is 49.2 Å². The Balaban J connectivity index is 1.82. The van der Waals surface area contributed by atoms with Crippen LogP contribution in [0.5, 0.6) is 11.5 Å². The molecule has 3 aliphatic heterocycles. The maximum atomic E-state index is 6.50. The van der Waals surface area contributed by atoms with Gasteiger partial charge in [0.1, 0.15) is 11.5 Å². The Kier molecular flexibility index (Phi) is 2.34. The number of benzene rings is 2. The average Bonchev–Trinajstić information content (AvgIpc) is 3.22. The summed E-state index contributed by atoms with van der Waals surface area (Å²) in [5.74, 6) is 1.91. The highest BCUT2D eigenvalue weighted by molar-refractivity contribution is 5.82. The first-order chi connectivity index (χ1) is 13.7. The van der Waals surface area contributed by atoms with E-state index < -0.39 is 5.66 Å². The van der Waals surface area contributed by atoms with E-state index >= 15 is 0 Å². The van der Waals surface area contributed by atoms with Gasteiger partial charge in [0.15, 0.2) is 23.5 Å². The summed E-state index contributed by atoms with van der Waals surface area (Å²) in [6.45, 7) is 4.40. The number of ether oxygens (including phenoxy) is 1. The van der Waals surface area contributed by atoms with E-state index in [1.807, 2.05) is 0 Å². The largest absolute Gasteiger partial charge is 0.456 e. The van der Waals surface area contributed by atoms with Crippen molar-refractivity contribution in [3.05, 3.63) is 95.3 Å². The first-order valence-corrected chi connectivity index (χ1v) is 9.72. The Hall–Kier alpha value is -3.46. The Bertz CT molecular complexity index is 1260. The van der Waals surface area contributed by atoms with Crippen LogP contribution in [0.4, 0.5) is 0 Å². The van der Waals surface area contributed by atoms with Crippen molar-refractivity contribution in [3.63, 3.8) is 0 Å². The summed E-state index contributed by atoms with van der Waals surface area (Å²) in [6.07, 6.45) is 4.43. The summed E-state index contributed by atoms with van der Waals surface area (Å²) in [5, 5.41) is 0. The molecule has 4 aromatic rings. The van der Waals surface area contributed by atoms with E-state index in [1.54, 1.807) is 0 Å². The van der Waals surface area contributed by atoms with Crippen LogP contribution in [-0.4, -0.2) is 0 Å². The third-order valence-electron chi connectivity index (χ3n) is 6.60. The molecular formula is C25H18N2O+2. The summed E-state index contributed by atoms with van der Waals surface area (Å²) in [5.41, 5.74) is 9.71. The highest BCUT2D eigenvalue weighted by Gasteiger charge is 2.71. The highest BCUT2D eigenvalue weighted by Crippen LogP contribution is 2.57. The molecule has 28 heavy (non-hydrogen) atoms. The van der Waals surface area contributed by atoms with Crippen LogP contribution in [-0.2, 0) is 5.66 Å². The number of pyridine rings is 2. The zero-order chi connectivity index (χ0) is 18.6. The van der Waals surface area contributed by atoms with E-state index in [9.17, 15) is 0 Å². The third-order valence-corrected chi connectivity index (χ3v) is 6.60. The van der Waals surface area contributed by atoms with Gasteiger partial charge in [-0.1, -0.05) is 12.1 Å². The number of aryl methyl sites for hydroxylation is 2. The smallest absolute Gasteiger partial charge is 0.424 e. The Morgan fingerprint density at radius 1 is 0.643 bits per heavy atom. The van der Waals surface area contributed by atoms with E-state index in [-0.39, 0.29) is 0 Å². The molecule has 0 saturated heterocycles. The quantitative estimate of drug-likeness (QED) is 0.369. The lowest BCUT2D eigenvalue weighted by molar-refractivity contribution is -0.955. The zero-order valence-corrected chi connectivity index (χ0v) is 15.7. The standard InChI is InChI=1S/C25H18N2O/c1-15-9-11-19-23-21(15)17-7-3-5-13-26(17)25(23)24-20(28-19)12-10-16(2)22(24)18-8-4-6-14-27(18)25/h3-14H,1-2H3/q+2. The highest BCUT2D eigenvalue weighted by atomic mass is 16.5. The average molecular weight is 362 g/mol. The summed E-state index contributed by atoms with van der Waals surface area (Å²) < 4.78 is 11.4. The van der Waals surface area contributed by atoms with Crippen LogP contribution in [0.2, 0.25) is 0 Å². The summed E-state index contributed by atoms with van der Waals surface area (Å²) in [6, 6.07) is 21.6. The van der Waals surface area contributed by atoms with Crippen LogP contribution in [0.15, 0.2) is 73.1 Å². The van der Waals surface area contributed by atoms with Crippen molar-refractivity contribution >= 4 is 0 Å². The fraction of sp³-hybridized carbons (Fsp3) is 0.120. The third kappa shape index (κ3) is 1.33. The molecule has 0 bridgehead atoms. The number of aromatic nitrogens is 2. The van der Waals surface area contributed by atoms with Crippen LogP contribution in [0.3, 0.4) is 0 Å². The molecule has 5 heterocycles. The normalized spacial score (nSPS) is 15.4. The molecule has 3 nitrogen and oxygen atoms in total. The first-order valence-electron chi connectivity index (χ1n) is 9.72. The maximum absolute atomic E-state index is 6.50. The van der Waals surface area contributed by atoms with Crippen molar-refractivity contribution in [1.82, 2.24) is 0 Å². The molecule has 1 spiro atoms. The van der Waals surface area contributed by atoms with Gasteiger partial charge in [-0.15, -0.1) is 9.13 Å². The second-order valence-electron chi connectivity index (χ2n) is 7.95. The van der Waals surface area contributed by atoms with Gasteiger partial charge in [0.2, 0.25) is 11.4 Å². The second kappa shape index (κ2) is 4.50. The Morgan fingerprint density at radius 3 is 1.64 bits per heavy atom. The number of nitrogens with zero attached hydrogens (tertiary/aromatic N) is 2. The van der Waals surface area contributed by atoms with E-state index in [4.69, 9.17) is 4.74 Å². The lowest BCUT2D eigenvalue weighted by atomic mass is 9.84. The molecule has 7 rings (SSSR count). The molecule has 0 aliphatic carbocycles. The molecule has 0 amide bonds. The SMILES string of the molecule is Cc1ccc2c3c1-c1cccc[n+]1C31c3c(ccc(C)c3-c3cccc[n+]31)O2. The van der Waals surface area contributed by atoms with E-state index in [0.29, 0.717) is 0 Å².